The van der Waals surface area contributed by atoms with E-state index in [-0.39, 0.29) is 23.9 Å². The maximum atomic E-state index is 13.1. The smallest absolute Gasteiger partial charge is 0.424 e. The van der Waals surface area contributed by atoms with Gasteiger partial charge in [-0.05, 0) is 48.5 Å². The summed E-state index contributed by atoms with van der Waals surface area (Å²) in [4.78, 5) is 15.8. The lowest BCUT2D eigenvalue weighted by Crippen LogP contribution is -2.25. The molecule has 0 aliphatic heterocycles. The highest BCUT2D eigenvalue weighted by molar-refractivity contribution is 5.36. The van der Waals surface area contributed by atoms with E-state index in [0.717, 1.165) is 0 Å². The Hall–Kier alpha value is -3.48. The van der Waals surface area contributed by atoms with Crippen molar-refractivity contribution in [3.05, 3.63) is 94.8 Å². The molecule has 0 aliphatic rings. The normalized spacial score (nSPS) is 11.0. The minimum absolute atomic E-state index is 0.198. The fourth-order valence-corrected chi connectivity index (χ4v) is 2.65. The standard InChI is InChI=1S/C19H13F2N3O2/c20-13-1-5-16(6-2-13)23-10-9-18-22-15(11-24(18)19(23)25)12-26-17-7-3-14(21)4-8-17/h1-11H,12H2/p+1. The molecule has 0 unspecified atom stereocenters. The average molecular weight is 354 g/mol. The lowest BCUT2D eigenvalue weighted by Gasteiger charge is -2.02. The second kappa shape index (κ2) is 6.44. The van der Waals surface area contributed by atoms with Gasteiger partial charge in [0, 0.05) is 12.3 Å². The summed E-state index contributed by atoms with van der Waals surface area (Å²) >= 11 is 0. The number of aromatic amines is 1. The summed E-state index contributed by atoms with van der Waals surface area (Å²) in [6.07, 6.45) is 3.26. The van der Waals surface area contributed by atoms with Crippen LogP contribution in [0.25, 0.3) is 11.3 Å². The van der Waals surface area contributed by atoms with Crippen LogP contribution in [0, 0.1) is 11.6 Å². The number of ether oxygens (including phenoxy) is 1. The first-order valence-electron chi connectivity index (χ1n) is 7.89. The number of hydrogen-bond acceptors (Lipinski definition) is 2. The van der Waals surface area contributed by atoms with Gasteiger partial charge < -0.3 is 4.74 Å². The fraction of sp³-hybridized carbons (Fsp3) is 0.0526. The van der Waals surface area contributed by atoms with Gasteiger partial charge in [-0.1, -0.05) is 0 Å². The van der Waals surface area contributed by atoms with Crippen LogP contribution in [-0.2, 0) is 6.61 Å². The van der Waals surface area contributed by atoms with Crippen molar-refractivity contribution in [1.82, 2.24) is 8.97 Å². The highest BCUT2D eigenvalue weighted by Crippen LogP contribution is 2.13. The minimum Gasteiger partial charge on any atom is -0.485 e. The average Bonchev–Trinajstić information content (AvgIpc) is 3.07. The van der Waals surface area contributed by atoms with Gasteiger partial charge in [-0.2, -0.15) is 0 Å². The molecule has 0 saturated carbocycles. The van der Waals surface area contributed by atoms with E-state index in [0.29, 0.717) is 22.8 Å². The van der Waals surface area contributed by atoms with E-state index in [1.165, 1.54) is 57.5 Å². The highest BCUT2D eigenvalue weighted by Gasteiger charge is 2.15. The molecule has 2 aromatic heterocycles. The maximum Gasteiger partial charge on any atom is 0.424 e. The van der Waals surface area contributed by atoms with E-state index >= 15 is 0 Å². The van der Waals surface area contributed by atoms with Gasteiger partial charge in [0.05, 0.1) is 5.69 Å². The van der Waals surface area contributed by atoms with Crippen molar-refractivity contribution < 1.29 is 18.5 Å². The molecule has 2 heterocycles. The molecule has 0 aliphatic carbocycles. The SMILES string of the molecule is O=c1n(-c2ccc(F)cc2)ccc2[nH+]c(COc3ccc(F)cc3)cn12. The third kappa shape index (κ3) is 3.06. The van der Waals surface area contributed by atoms with E-state index in [1.807, 2.05) is 0 Å². The number of H-pyrrole nitrogens is 1. The molecule has 26 heavy (non-hydrogen) atoms. The van der Waals surface area contributed by atoms with Gasteiger partial charge in [0.15, 0.2) is 12.3 Å². The number of halogens is 2. The topological polar surface area (TPSA) is 49.8 Å². The van der Waals surface area contributed by atoms with Gasteiger partial charge >= 0.3 is 5.69 Å². The van der Waals surface area contributed by atoms with Crippen molar-refractivity contribution in [1.29, 1.82) is 0 Å². The van der Waals surface area contributed by atoms with E-state index in [1.54, 1.807) is 18.5 Å². The molecule has 0 spiro atoms. The van der Waals surface area contributed by atoms with Crippen LogP contribution in [0.4, 0.5) is 8.78 Å². The lowest BCUT2D eigenvalue weighted by molar-refractivity contribution is -0.360. The second-order valence-electron chi connectivity index (χ2n) is 5.72. The molecular formula is C19H14F2N3O2+. The number of nitrogens with zero attached hydrogens (tertiary/aromatic N) is 2. The molecule has 0 bridgehead atoms. The first-order valence-corrected chi connectivity index (χ1v) is 7.89. The first kappa shape index (κ1) is 16.0. The zero-order chi connectivity index (χ0) is 18.1. The number of nitrogens with one attached hydrogen (secondary N) is 1. The van der Waals surface area contributed by atoms with Crippen LogP contribution in [0.2, 0.25) is 0 Å². The Morgan fingerprint density at radius 2 is 1.58 bits per heavy atom. The molecule has 5 nitrogen and oxygen atoms in total. The molecule has 7 heteroatoms. The van der Waals surface area contributed by atoms with Crippen LogP contribution >= 0.6 is 0 Å². The van der Waals surface area contributed by atoms with Crippen LogP contribution in [0.5, 0.6) is 5.75 Å². The summed E-state index contributed by atoms with van der Waals surface area (Å²) in [6.45, 7) is 0.198. The molecule has 2 aromatic carbocycles. The highest BCUT2D eigenvalue weighted by atomic mass is 19.1. The number of imidazole rings is 1. The summed E-state index contributed by atoms with van der Waals surface area (Å²) in [6, 6.07) is 13.1. The molecule has 130 valence electrons. The van der Waals surface area contributed by atoms with Gasteiger partial charge in [-0.25, -0.2) is 23.1 Å². The molecule has 4 aromatic rings. The molecule has 0 radical (unpaired) electrons. The largest absolute Gasteiger partial charge is 0.485 e. The Labute approximate surface area is 146 Å². The zero-order valence-corrected chi connectivity index (χ0v) is 13.5. The number of aromatic nitrogens is 3. The van der Waals surface area contributed by atoms with Gasteiger partial charge in [0.25, 0.3) is 5.65 Å². The van der Waals surface area contributed by atoms with Gasteiger partial charge in [-0.15, -0.1) is 4.40 Å². The van der Waals surface area contributed by atoms with Crippen molar-refractivity contribution >= 4 is 5.65 Å². The van der Waals surface area contributed by atoms with Gasteiger partial charge in [0.2, 0.25) is 0 Å². The summed E-state index contributed by atoms with van der Waals surface area (Å²) in [7, 11) is 0. The van der Waals surface area contributed by atoms with Gasteiger partial charge in [0.1, 0.15) is 23.6 Å². The van der Waals surface area contributed by atoms with Crippen molar-refractivity contribution in [2.45, 2.75) is 6.61 Å². The van der Waals surface area contributed by atoms with Crippen LogP contribution in [0.3, 0.4) is 0 Å². The third-order valence-corrected chi connectivity index (χ3v) is 3.94. The van der Waals surface area contributed by atoms with E-state index in [2.05, 4.69) is 4.98 Å². The van der Waals surface area contributed by atoms with Crippen LogP contribution < -0.4 is 15.4 Å². The summed E-state index contributed by atoms with van der Waals surface area (Å²) in [5.41, 5.74) is 1.56. The molecule has 0 saturated heterocycles. The predicted molar refractivity (Wildman–Crippen MR) is 90.2 cm³/mol. The quantitative estimate of drug-likeness (QED) is 0.566. The summed E-state index contributed by atoms with van der Waals surface area (Å²) in [5.74, 6) is -0.170. The Kier molecular flexibility index (Phi) is 3.96. The molecule has 1 N–H and O–H groups in total. The zero-order valence-electron chi connectivity index (χ0n) is 13.5. The predicted octanol–water partition coefficient (Wildman–Crippen LogP) is 2.76. The van der Waals surface area contributed by atoms with E-state index in [4.69, 9.17) is 4.74 Å². The molecule has 0 atom stereocenters. The van der Waals surface area contributed by atoms with E-state index < -0.39 is 0 Å². The van der Waals surface area contributed by atoms with Crippen LogP contribution in [-0.4, -0.2) is 8.97 Å². The Morgan fingerprint density at radius 1 is 0.923 bits per heavy atom. The molecule has 0 amide bonds. The van der Waals surface area contributed by atoms with Crippen molar-refractivity contribution in [2.75, 3.05) is 0 Å². The number of benzene rings is 2. The first-order chi connectivity index (χ1) is 12.6. The summed E-state index contributed by atoms with van der Waals surface area (Å²) < 4.78 is 34.4. The van der Waals surface area contributed by atoms with Crippen LogP contribution in [0.15, 0.2) is 71.8 Å². The Morgan fingerprint density at radius 3 is 2.27 bits per heavy atom. The van der Waals surface area contributed by atoms with Gasteiger partial charge in [-0.3, -0.25) is 0 Å². The molecule has 4 rings (SSSR count). The monoisotopic (exact) mass is 354 g/mol. The second-order valence-corrected chi connectivity index (χ2v) is 5.72. The number of hydrogen-bond donors (Lipinski definition) is 0. The van der Waals surface area contributed by atoms with E-state index in [9.17, 15) is 13.6 Å². The minimum atomic E-state index is -0.364. The number of fused-ring (bicyclic) bond motifs is 1. The maximum absolute atomic E-state index is 13.1. The fourth-order valence-electron chi connectivity index (χ4n) is 2.65. The lowest BCUT2D eigenvalue weighted by atomic mass is 10.3. The third-order valence-electron chi connectivity index (χ3n) is 3.94. The summed E-state index contributed by atoms with van der Waals surface area (Å²) in [5, 5.41) is 0. The van der Waals surface area contributed by atoms with Crippen molar-refractivity contribution in [3.63, 3.8) is 0 Å². The Bertz CT molecular complexity index is 1120. The van der Waals surface area contributed by atoms with Crippen molar-refractivity contribution in [3.8, 4) is 11.4 Å². The number of rotatable bonds is 4. The van der Waals surface area contributed by atoms with Crippen LogP contribution in [0.1, 0.15) is 5.69 Å². The Balaban J connectivity index is 1.62. The molecular weight excluding hydrogens is 340 g/mol. The van der Waals surface area contributed by atoms with Crippen molar-refractivity contribution in [2.24, 2.45) is 0 Å². The molecule has 0 fully saturated rings.